The van der Waals surface area contributed by atoms with Crippen molar-refractivity contribution in [3.05, 3.63) is 58.1 Å². The summed E-state index contributed by atoms with van der Waals surface area (Å²) in [6.45, 7) is -1.80. The zero-order valence-electron chi connectivity index (χ0n) is 14.0. The number of nitrogens with zero attached hydrogens (tertiary/aromatic N) is 2. The molecule has 0 atom stereocenters. The summed E-state index contributed by atoms with van der Waals surface area (Å²) in [5, 5.41) is 7.55. The minimum atomic E-state index is -4.38. The van der Waals surface area contributed by atoms with Crippen LogP contribution >= 0.6 is 15.9 Å². The molecule has 0 amide bonds. The quantitative estimate of drug-likeness (QED) is 0.478. The molecular formula is C17H12BrF3N2O5. The lowest BCUT2D eigenvalue weighted by Gasteiger charge is -2.08. The van der Waals surface area contributed by atoms with E-state index in [-0.39, 0.29) is 30.6 Å². The van der Waals surface area contributed by atoms with E-state index >= 15 is 0 Å². The average Bonchev–Trinajstić information content (AvgIpc) is 3.28. The molecule has 0 radical (unpaired) electrons. The van der Waals surface area contributed by atoms with Gasteiger partial charge in [-0.1, -0.05) is 12.1 Å². The third kappa shape index (κ3) is 5.67. The zero-order valence-corrected chi connectivity index (χ0v) is 15.6. The van der Waals surface area contributed by atoms with Crippen LogP contribution in [0.1, 0.15) is 21.8 Å². The Labute approximate surface area is 164 Å². The highest BCUT2D eigenvalue weighted by Gasteiger charge is 2.27. The van der Waals surface area contributed by atoms with Crippen LogP contribution in [0.15, 0.2) is 49.9 Å². The van der Waals surface area contributed by atoms with Gasteiger partial charge in [-0.2, -0.15) is 13.2 Å². The molecule has 0 spiro atoms. The molecule has 3 rings (SSSR count). The van der Waals surface area contributed by atoms with E-state index in [4.69, 9.17) is 13.6 Å². The number of carbonyl (C=O) groups is 1. The number of ether oxygens (including phenoxy) is 2. The van der Waals surface area contributed by atoms with E-state index in [1.807, 2.05) is 0 Å². The third-order valence-corrected chi connectivity index (χ3v) is 3.73. The summed E-state index contributed by atoms with van der Waals surface area (Å²) in [6, 6.07) is 9.10. The van der Waals surface area contributed by atoms with Crippen LogP contribution in [0, 0.1) is 0 Å². The number of esters is 1. The summed E-state index contributed by atoms with van der Waals surface area (Å²) in [4.78, 5) is 12.0. The first-order chi connectivity index (χ1) is 13.3. The first kappa shape index (κ1) is 20.1. The lowest BCUT2D eigenvalue weighted by Crippen LogP contribution is -2.16. The molecule has 28 heavy (non-hydrogen) atoms. The SMILES string of the molecule is O=C(OCc1nnc(-c2ccc(Br)o2)o1)c1ccc(COCC(F)(F)F)cc1. The minimum Gasteiger partial charge on any atom is -0.452 e. The van der Waals surface area contributed by atoms with Gasteiger partial charge in [0.1, 0.15) is 6.61 Å². The molecule has 0 unspecified atom stereocenters. The summed E-state index contributed by atoms with van der Waals surface area (Å²) >= 11 is 3.16. The van der Waals surface area contributed by atoms with E-state index in [1.165, 1.54) is 24.3 Å². The maximum Gasteiger partial charge on any atom is 0.411 e. The Kier molecular flexibility index (Phi) is 6.15. The van der Waals surface area contributed by atoms with Crippen molar-refractivity contribution in [3.63, 3.8) is 0 Å². The fraction of sp³-hybridized carbons (Fsp3) is 0.235. The van der Waals surface area contributed by atoms with Crippen LogP contribution in [0.25, 0.3) is 11.7 Å². The second-order valence-electron chi connectivity index (χ2n) is 5.49. The van der Waals surface area contributed by atoms with Gasteiger partial charge in [0.2, 0.25) is 0 Å². The number of aromatic nitrogens is 2. The van der Waals surface area contributed by atoms with E-state index in [0.29, 0.717) is 16.0 Å². The highest BCUT2D eigenvalue weighted by molar-refractivity contribution is 9.10. The monoisotopic (exact) mass is 460 g/mol. The van der Waals surface area contributed by atoms with Crippen LogP contribution < -0.4 is 0 Å². The van der Waals surface area contributed by atoms with Gasteiger partial charge in [0, 0.05) is 0 Å². The average molecular weight is 461 g/mol. The number of furan rings is 1. The smallest absolute Gasteiger partial charge is 0.411 e. The van der Waals surface area contributed by atoms with Gasteiger partial charge in [-0.25, -0.2) is 4.79 Å². The first-order valence-electron chi connectivity index (χ1n) is 7.79. The number of halogens is 4. The van der Waals surface area contributed by atoms with Crippen molar-refractivity contribution in [2.75, 3.05) is 6.61 Å². The summed E-state index contributed by atoms with van der Waals surface area (Å²) in [7, 11) is 0. The molecule has 7 nitrogen and oxygen atoms in total. The molecule has 2 heterocycles. The Morgan fingerprint density at radius 3 is 2.43 bits per heavy atom. The van der Waals surface area contributed by atoms with Crippen LogP contribution in [0.4, 0.5) is 13.2 Å². The van der Waals surface area contributed by atoms with Gasteiger partial charge in [0.15, 0.2) is 17.0 Å². The summed E-state index contributed by atoms with van der Waals surface area (Å²) in [5.41, 5.74) is 0.709. The predicted molar refractivity (Wildman–Crippen MR) is 91.0 cm³/mol. The number of rotatable bonds is 7. The van der Waals surface area contributed by atoms with Gasteiger partial charge in [-0.15, -0.1) is 10.2 Å². The molecule has 2 aromatic heterocycles. The fourth-order valence-electron chi connectivity index (χ4n) is 2.07. The molecule has 0 saturated heterocycles. The molecule has 3 aromatic rings. The lowest BCUT2D eigenvalue weighted by molar-refractivity contribution is -0.176. The highest BCUT2D eigenvalue weighted by atomic mass is 79.9. The minimum absolute atomic E-state index is 0.0769. The van der Waals surface area contributed by atoms with E-state index in [9.17, 15) is 18.0 Å². The van der Waals surface area contributed by atoms with Gasteiger partial charge in [0.25, 0.3) is 11.8 Å². The second-order valence-corrected chi connectivity index (χ2v) is 6.27. The van der Waals surface area contributed by atoms with E-state index in [2.05, 4.69) is 30.9 Å². The van der Waals surface area contributed by atoms with Crippen molar-refractivity contribution in [2.45, 2.75) is 19.4 Å². The molecule has 0 aliphatic rings. The van der Waals surface area contributed by atoms with E-state index in [0.717, 1.165) is 0 Å². The molecule has 11 heteroatoms. The first-order valence-corrected chi connectivity index (χ1v) is 8.58. The molecule has 0 aliphatic carbocycles. The molecule has 0 fully saturated rings. The standard InChI is InChI=1S/C17H12BrF3N2O5/c18-13-6-5-12(27-13)15-23-22-14(28-15)8-26-16(24)11-3-1-10(2-4-11)7-25-9-17(19,20)21/h1-6H,7-9H2. The molecule has 0 N–H and O–H groups in total. The zero-order chi connectivity index (χ0) is 20.1. The van der Waals surface area contributed by atoms with Crippen LogP contribution in [0.2, 0.25) is 0 Å². The normalized spacial score (nSPS) is 11.6. The van der Waals surface area contributed by atoms with Gasteiger partial charge >= 0.3 is 12.1 Å². The van der Waals surface area contributed by atoms with E-state index in [1.54, 1.807) is 12.1 Å². The van der Waals surface area contributed by atoms with Crippen molar-refractivity contribution in [1.29, 1.82) is 0 Å². The molecule has 1 aromatic carbocycles. The Balaban J connectivity index is 1.50. The maximum atomic E-state index is 12.0. The van der Waals surface area contributed by atoms with E-state index < -0.39 is 18.8 Å². The Morgan fingerprint density at radius 2 is 1.79 bits per heavy atom. The third-order valence-electron chi connectivity index (χ3n) is 3.30. The van der Waals surface area contributed by atoms with Crippen molar-refractivity contribution in [2.24, 2.45) is 0 Å². The lowest BCUT2D eigenvalue weighted by atomic mass is 10.1. The maximum absolute atomic E-state index is 12.0. The summed E-state index contributed by atoms with van der Waals surface area (Å²) < 4.78 is 56.9. The van der Waals surface area contributed by atoms with Crippen LogP contribution in [-0.4, -0.2) is 28.9 Å². The highest BCUT2D eigenvalue weighted by Crippen LogP contribution is 2.24. The molecule has 0 aliphatic heterocycles. The number of hydrogen-bond donors (Lipinski definition) is 0. The predicted octanol–water partition coefficient (Wildman–Crippen LogP) is 4.53. The van der Waals surface area contributed by atoms with Gasteiger partial charge in [0.05, 0.1) is 12.2 Å². The van der Waals surface area contributed by atoms with Gasteiger partial charge < -0.3 is 18.3 Å². The molecule has 148 valence electrons. The Bertz CT molecular complexity index is 937. The fourth-order valence-corrected chi connectivity index (χ4v) is 2.38. The molecule has 0 bridgehead atoms. The number of alkyl halides is 3. The topological polar surface area (TPSA) is 87.6 Å². The number of benzene rings is 1. The van der Waals surface area contributed by atoms with Gasteiger partial charge in [-0.3, -0.25) is 0 Å². The van der Waals surface area contributed by atoms with Gasteiger partial charge in [-0.05, 0) is 45.8 Å². The van der Waals surface area contributed by atoms with Crippen molar-refractivity contribution < 1.29 is 36.3 Å². The van der Waals surface area contributed by atoms with Crippen molar-refractivity contribution in [1.82, 2.24) is 10.2 Å². The van der Waals surface area contributed by atoms with Crippen LogP contribution in [-0.2, 0) is 22.7 Å². The number of carbonyl (C=O) groups excluding carboxylic acids is 1. The number of hydrogen-bond acceptors (Lipinski definition) is 7. The van der Waals surface area contributed by atoms with Crippen molar-refractivity contribution >= 4 is 21.9 Å². The summed E-state index contributed by atoms with van der Waals surface area (Å²) in [5.74, 6) is -0.0727. The molecule has 0 saturated carbocycles. The van der Waals surface area contributed by atoms with Crippen LogP contribution in [0.5, 0.6) is 0 Å². The summed E-state index contributed by atoms with van der Waals surface area (Å²) in [6.07, 6.45) is -4.38. The Morgan fingerprint density at radius 1 is 1.04 bits per heavy atom. The Hall–Kier alpha value is -2.66. The largest absolute Gasteiger partial charge is 0.452 e. The second kappa shape index (κ2) is 8.57. The van der Waals surface area contributed by atoms with Crippen molar-refractivity contribution in [3.8, 4) is 11.7 Å². The molecular weight excluding hydrogens is 449 g/mol. The van der Waals surface area contributed by atoms with Crippen LogP contribution in [0.3, 0.4) is 0 Å².